The van der Waals surface area contributed by atoms with Crippen LogP contribution in [0.2, 0.25) is 0 Å². The SMILES string of the molecule is CNCC1C(C)(C)C12CCc1ccc(C)cc12. The van der Waals surface area contributed by atoms with Gasteiger partial charge in [-0.05, 0) is 55.8 Å². The van der Waals surface area contributed by atoms with Gasteiger partial charge in [-0.1, -0.05) is 37.6 Å². The first-order valence-corrected chi connectivity index (χ1v) is 6.78. The third-order valence-electron chi connectivity index (χ3n) is 5.48. The van der Waals surface area contributed by atoms with E-state index in [4.69, 9.17) is 0 Å². The molecule has 0 amide bonds. The highest BCUT2D eigenvalue weighted by Gasteiger charge is 2.72. The molecule has 2 atom stereocenters. The van der Waals surface area contributed by atoms with Gasteiger partial charge in [-0.2, -0.15) is 0 Å². The van der Waals surface area contributed by atoms with Crippen molar-refractivity contribution in [1.82, 2.24) is 5.32 Å². The molecule has 92 valence electrons. The molecule has 2 unspecified atom stereocenters. The van der Waals surface area contributed by atoms with Gasteiger partial charge in [0, 0.05) is 5.41 Å². The molecule has 0 bridgehead atoms. The van der Waals surface area contributed by atoms with Gasteiger partial charge in [0.1, 0.15) is 0 Å². The molecule has 1 spiro atoms. The largest absolute Gasteiger partial charge is 0.319 e. The fraction of sp³-hybridized carbons (Fsp3) is 0.625. The molecular weight excluding hydrogens is 206 g/mol. The lowest BCUT2D eigenvalue weighted by Gasteiger charge is -2.15. The Balaban J connectivity index is 2.06. The van der Waals surface area contributed by atoms with Gasteiger partial charge in [0.2, 0.25) is 0 Å². The zero-order valence-corrected chi connectivity index (χ0v) is 11.4. The third kappa shape index (κ3) is 1.24. The van der Waals surface area contributed by atoms with Crippen LogP contribution in [0.15, 0.2) is 18.2 Å². The van der Waals surface area contributed by atoms with Crippen LogP contribution in [0.4, 0.5) is 0 Å². The number of hydrogen-bond acceptors (Lipinski definition) is 1. The molecule has 1 aromatic carbocycles. The second-order valence-corrected chi connectivity index (χ2v) is 6.46. The third-order valence-corrected chi connectivity index (χ3v) is 5.48. The van der Waals surface area contributed by atoms with Crippen molar-refractivity contribution >= 4 is 0 Å². The van der Waals surface area contributed by atoms with Crippen molar-refractivity contribution in [3.05, 3.63) is 34.9 Å². The number of benzene rings is 1. The van der Waals surface area contributed by atoms with Crippen molar-refractivity contribution in [3.63, 3.8) is 0 Å². The average molecular weight is 229 g/mol. The summed E-state index contributed by atoms with van der Waals surface area (Å²) in [5, 5.41) is 3.38. The van der Waals surface area contributed by atoms with Crippen LogP contribution >= 0.6 is 0 Å². The molecule has 0 saturated heterocycles. The quantitative estimate of drug-likeness (QED) is 0.822. The van der Waals surface area contributed by atoms with Crippen LogP contribution < -0.4 is 5.32 Å². The molecule has 17 heavy (non-hydrogen) atoms. The molecule has 0 radical (unpaired) electrons. The lowest BCUT2D eigenvalue weighted by atomic mass is 9.88. The van der Waals surface area contributed by atoms with Crippen LogP contribution in [0.5, 0.6) is 0 Å². The number of nitrogens with one attached hydrogen (secondary N) is 1. The first-order chi connectivity index (χ1) is 8.04. The Labute approximate surface area is 105 Å². The summed E-state index contributed by atoms with van der Waals surface area (Å²) in [5.74, 6) is 0.808. The van der Waals surface area contributed by atoms with Crippen LogP contribution in [-0.4, -0.2) is 13.6 Å². The van der Waals surface area contributed by atoms with Crippen molar-refractivity contribution in [2.24, 2.45) is 11.3 Å². The molecule has 1 fully saturated rings. The Kier molecular flexibility index (Phi) is 2.22. The summed E-state index contributed by atoms with van der Waals surface area (Å²) in [6.45, 7) is 8.27. The van der Waals surface area contributed by atoms with Gasteiger partial charge in [0.05, 0.1) is 0 Å². The van der Waals surface area contributed by atoms with E-state index in [1.54, 1.807) is 11.1 Å². The Morgan fingerprint density at radius 1 is 1.35 bits per heavy atom. The second kappa shape index (κ2) is 3.35. The van der Waals surface area contributed by atoms with Gasteiger partial charge in [0.15, 0.2) is 0 Å². The maximum Gasteiger partial charge on any atom is 0.00592 e. The van der Waals surface area contributed by atoms with Gasteiger partial charge in [-0.3, -0.25) is 0 Å². The number of aryl methyl sites for hydroxylation is 2. The smallest absolute Gasteiger partial charge is 0.00592 e. The topological polar surface area (TPSA) is 12.0 Å². The lowest BCUT2D eigenvalue weighted by Crippen LogP contribution is -2.16. The van der Waals surface area contributed by atoms with E-state index in [2.05, 4.69) is 51.3 Å². The Morgan fingerprint density at radius 2 is 2.12 bits per heavy atom. The highest BCUT2D eigenvalue weighted by atomic mass is 14.9. The van der Waals surface area contributed by atoms with Crippen LogP contribution in [0.1, 0.15) is 37.0 Å². The predicted octanol–water partition coefficient (Wildman–Crippen LogP) is 3.05. The van der Waals surface area contributed by atoms with E-state index in [9.17, 15) is 0 Å². The van der Waals surface area contributed by atoms with Crippen LogP contribution in [-0.2, 0) is 11.8 Å². The van der Waals surface area contributed by atoms with E-state index in [1.165, 1.54) is 18.4 Å². The normalized spacial score (nSPS) is 32.8. The summed E-state index contributed by atoms with van der Waals surface area (Å²) in [6, 6.07) is 7.06. The first kappa shape index (κ1) is 11.3. The van der Waals surface area contributed by atoms with Crippen LogP contribution in [0.25, 0.3) is 0 Å². The summed E-state index contributed by atoms with van der Waals surface area (Å²) in [4.78, 5) is 0. The molecule has 1 nitrogen and oxygen atoms in total. The Hall–Kier alpha value is -0.820. The van der Waals surface area contributed by atoms with E-state index < -0.39 is 0 Å². The van der Waals surface area contributed by atoms with E-state index in [1.807, 2.05) is 0 Å². The summed E-state index contributed by atoms with van der Waals surface area (Å²) in [6.07, 6.45) is 2.63. The van der Waals surface area contributed by atoms with Gasteiger partial charge in [-0.15, -0.1) is 0 Å². The molecule has 2 aliphatic carbocycles. The molecule has 0 aromatic heterocycles. The van der Waals surface area contributed by atoms with Gasteiger partial charge < -0.3 is 5.32 Å². The summed E-state index contributed by atoms with van der Waals surface area (Å²) in [7, 11) is 2.08. The number of hydrogen-bond donors (Lipinski definition) is 1. The van der Waals surface area contributed by atoms with E-state index in [0.717, 1.165) is 12.5 Å². The summed E-state index contributed by atoms with van der Waals surface area (Å²) >= 11 is 0. The minimum absolute atomic E-state index is 0.467. The van der Waals surface area contributed by atoms with Gasteiger partial charge in [-0.25, -0.2) is 0 Å². The standard InChI is InChI=1S/C16H23N/c1-11-5-6-12-7-8-16(13(12)9-11)14(10-17-4)15(16,2)3/h5-6,9,14,17H,7-8,10H2,1-4H3. The Bertz CT molecular complexity index is 461. The average Bonchev–Trinajstić information content (AvgIpc) is 2.60. The predicted molar refractivity (Wildman–Crippen MR) is 72.4 cm³/mol. The lowest BCUT2D eigenvalue weighted by molar-refractivity contribution is 0.490. The maximum atomic E-state index is 3.38. The van der Waals surface area contributed by atoms with Crippen LogP contribution in [0, 0.1) is 18.3 Å². The molecule has 1 N–H and O–H groups in total. The molecular formula is C16H23N. The van der Waals surface area contributed by atoms with Crippen molar-refractivity contribution in [2.75, 3.05) is 13.6 Å². The van der Waals surface area contributed by atoms with Crippen molar-refractivity contribution in [1.29, 1.82) is 0 Å². The number of rotatable bonds is 2. The molecule has 0 aliphatic heterocycles. The highest BCUT2D eigenvalue weighted by Crippen LogP contribution is 2.73. The molecule has 1 heteroatoms. The van der Waals surface area contributed by atoms with E-state index >= 15 is 0 Å². The number of fused-ring (bicyclic) bond motifs is 2. The fourth-order valence-corrected chi connectivity index (χ4v) is 4.42. The highest BCUT2D eigenvalue weighted by molar-refractivity contribution is 5.50. The molecule has 2 aliphatic rings. The second-order valence-electron chi connectivity index (χ2n) is 6.46. The molecule has 1 aromatic rings. The van der Waals surface area contributed by atoms with Crippen molar-refractivity contribution in [2.45, 2.75) is 39.0 Å². The maximum absolute atomic E-state index is 3.38. The van der Waals surface area contributed by atoms with Crippen molar-refractivity contribution in [3.8, 4) is 0 Å². The van der Waals surface area contributed by atoms with Gasteiger partial charge in [0.25, 0.3) is 0 Å². The molecule has 3 rings (SSSR count). The van der Waals surface area contributed by atoms with Crippen molar-refractivity contribution < 1.29 is 0 Å². The molecule has 0 heterocycles. The van der Waals surface area contributed by atoms with E-state index in [-0.39, 0.29) is 0 Å². The van der Waals surface area contributed by atoms with Gasteiger partial charge >= 0.3 is 0 Å². The zero-order chi connectivity index (χ0) is 12.3. The monoisotopic (exact) mass is 229 g/mol. The Morgan fingerprint density at radius 3 is 2.82 bits per heavy atom. The summed E-state index contributed by atoms with van der Waals surface area (Å²) < 4.78 is 0. The minimum Gasteiger partial charge on any atom is -0.319 e. The molecule has 1 saturated carbocycles. The van der Waals surface area contributed by atoms with E-state index in [0.29, 0.717) is 10.8 Å². The minimum atomic E-state index is 0.467. The first-order valence-electron chi connectivity index (χ1n) is 6.78. The zero-order valence-electron chi connectivity index (χ0n) is 11.4. The van der Waals surface area contributed by atoms with Crippen LogP contribution in [0.3, 0.4) is 0 Å². The fourth-order valence-electron chi connectivity index (χ4n) is 4.42. The summed E-state index contributed by atoms with van der Waals surface area (Å²) in [5.41, 5.74) is 5.60.